The van der Waals surface area contributed by atoms with Gasteiger partial charge in [-0.05, 0) is 88.5 Å². The number of rotatable bonds is 35. The number of hydrogen-bond acceptors (Lipinski definition) is 13. The number of ether oxygens (including phenoxy) is 3. The van der Waals surface area contributed by atoms with Crippen LogP contribution in [0.4, 0.5) is 0 Å². The van der Waals surface area contributed by atoms with Crippen LogP contribution in [-0.4, -0.2) is 143 Å². The number of likely N-dealkylation sites (N-methyl/N-ethyl adjacent to an activating group) is 1. The van der Waals surface area contributed by atoms with E-state index in [1.54, 1.807) is 38.3 Å². The average molecular weight is 1040 g/mol. The Balaban J connectivity index is 2.08. The molecule has 0 aliphatic carbocycles. The van der Waals surface area contributed by atoms with Crippen molar-refractivity contribution in [3.8, 4) is 11.8 Å². The number of aromatic hydroxyl groups is 2. The quantitative estimate of drug-likeness (QED) is 0.0168. The Labute approximate surface area is 437 Å². The van der Waals surface area contributed by atoms with E-state index in [0.29, 0.717) is 45.2 Å². The summed E-state index contributed by atoms with van der Waals surface area (Å²) in [5, 5.41) is 35.3. The molecule has 420 valence electrons. The number of hydrogen-bond donors (Lipinski definition) is 6. The Morgan fingerprint density at radius 3 is 1.99 bits per heavy atom. The molecule has 0 saturated carbocycles. The molecule has 6 N–H and O–H groups in total. The highest BCUT2D eigenvalue weighted by molar-refractivity contribution is 5.92. The number of likely N-dealkylation sites (tertiary alicyclic amines) is 1. The van der Waals surface area contributed by atoms with Gasteiger partial charge in [-0.15, -0.1) is 0 Å². The van der Waals surface area contributed by atoms with Gasteiger partial charge < -0.3 is 40.0 Å². The molecule has 13 unspecified atom stereocenters. The zero-order chi connectivity index (χ0) is 55.3. The molecule has 0 spiro atoms. The second kappa shape index (κ2) is 32.2. The van der Waals surface area contributed by atoms with E-state index in [4.69, 9.17) is 14.2 Å². The molecular formula is C55H98N6O12. The van der Waals surface area contributed by atoms with Crippen LogP contribution in [0.25, 0.3) is 0 Å². The fourth-order valence-corrected chi connectivity index (χ4v) is 10.8. The van der Waals surface area contributed by atoms with Crippen molar-refractivity contribution in [2.75, 3.05) is 40.9 Å². The van der Waals surface area contributed by atoms with Crippen molar-refractivity contribution in [1.29, 1.82) is 0 Å². The number of nitrogens with one attached hydrogen (secondary N) is 3. The van der Waals surface area contributed by atoms with Crippen LogP contribution in [0.3, 0.4) is 0 Å². The largest absolute Gasteiger partial charge is 0.494 e. The molecule has 1 saturated heterocycles. The standard InChI is InChI=1S/C55H98N6O12/c1-16-18-22-41(23-19-20-27-56-45(62)30-38(10)61-46(63)25-26-47(61)64)73-55(69)37(9)32-59(13)50(34(5)6)54(68)57-49(33(3)4)51(66)39(11)36(8)29-42(35(7)17-2)44(71-14)31-48(65)60-28-21-24-43(60)52(72-15)40(12)53(67)58-70/h25-26,33-44,49-50,52,63-64,70H,16-24,27-32H2,1-15H3,(H,56,62)(H,57,68)(H,58,67). The van der Waals surface area contributed by atoms with Crippen molar-refractivity contribution in [2.24, 2.45) is 47.3 Å². The molecule has 2 heterocycles. The highest BCUT2D eigenvalue weighted by Gasteiger charge is 2.42. The summed E-state index contributed by atoms with van der Waals surface area (Å²) < 4.78 is 19.2. The van der Waals surface area contributed by atoms with Crippen molar-refractivity contribution in [3.05, 3.63) is 12.1 Å². The molecule has 2 rings (SSSR count). The predicted molar refractivity (Wildman–Crippen MR) is 281 cm³/mol. The van der Waals surface area contributed by atoms with Gasteiger partial charge in [0.2, 0.25) is 23.6 Å². The smallest absolute Gasteiger partial charge is 0.310 e. The first-order chi connectivity index (χ1) is 34.4. The second-order valence-electron chi connectivity index (χ2n) is 22.0. The van der Waals surface area contributed by atoms with Gasteiger partial charge in [0.05, 0.1) is 48.6 Å². The van der Waals surface area contributed by atoms with Gasteiger partial charge in [0.15, 0.2) is 17.5 Å². The van der Waals surface area contributed by atoms with Crippen molar-refractivity contribution >= 4 is 35.4 Å². The number of amides is 4. The van der Waals surface area contributed by atoms with Gasteiger partial charge >= 0.3 is 5.97 Å². The zero-order valence-electron chi connectivity index (χ0n) is 47.3. The summed E-state index contributed by atoms with van der Waals surface area (Å²) in [4.78, 5) is 85.0. The molecule has 1 aromatic rings. The van der Waals surface area contributed by atoms with Gasteiger partial charge in [0.25, 0.3) is 0 Å². The minimum absolute atomic E-state index is 0.0605. The van der Waals surface area contributed by atoms with E-state index in [1.807, 2.05) is 53.5 Å². The van der Waals surface area contributed by atoms with Crippen LogP contribution < -0.4 is 16.1 Å². The third-order valence-corrected chi connectivity index (χ3v) is 15.6. The summed E-state index contributed by atoms with van der Waals surface area (Å²) in [5.74, 6) is -3.80. The summed E-state index contributed by atoms with van der Waals surface area (Å²) in [6, 6.07) is 0.592. The monoisotopic (exact) mass is 1030 g/mol. The van der Waals surface area contributed by atoms with E-state index in [9.17, 15) is 44.2 Å². The Hall–Kier alpha value is -4.26. The van der Waals surface area contributed by atoms with Gasteiger partial charge in [-0.1, -0.05) is 95.4 Å². The lowest BCUT2D eigenvalue weighted by Crippen LogP contribution is -2.56. The Morgan fingerprint density at radius 2 is 1.44 bits per heavy atom. The van der Waals surface area contributed by atoms with E-state index >= 15 is 0 Å². The van der Waals surface area contributed by atoms with Gasteiger partial charge in [-0.25, -0.2) is 5.48 Å². The summed E-state index contributed by atoms with van der Waals surface area (Å²) in [6.07, 6.45) is 6.37. The third-order valence-electron chi connectivity index (χ3n) is 15.6. The number of aromatic nitrogens is 1. The Bertz CT molecular complexity index is 1840. The van der Waals surface area contributed by atoms with Crippen molar-refractivity contribution in [3.63, 3.8) is 0 Å². The molecule has 1 aromatic heterocycles. The molecule has 18 heteroatoms. The summed E-state index contributed by atoms with van der Waals surface area (Å²) in [7, 11) is 4.95. The van der Waals surface area contributed by atoms with Crippen LogP contribution in [0.5, 0.6) is 11.8 Å². The minimum Gasteiger partial charge on any atom is -0.494 e. The van der Waals surface area contributed by atoms with Crippen molar-refractivity contribution in [2.45, 2.75) is 203 Å². The maximum atomic E-state index is 14.5. The Kier molecular flexibility index (Phi) is 28.6. The third kappa shape index (κ3) is 19.4. The van der Waals surface area contributed by atoms with Gasteiger partial charge in [-0.3, -0.25) is 43.4 Å². The average Bonchev–Trinajstić information content (AvgIpc) is 3.97. The number of nitrogens with zero attached hydrogens (tertiary/aromatic N) is 3. The summed E-state index contributed by atoms with van der Waals surface area (Å²) in [5.41, 5.74) is 1.71. The van der Waals surface area contributed by atoms with Crippen LogP contribution in [0.2, 0.25) is 0 Å². The number of esters is 1. The SMILES string of the molecule is CCCCC(CCCCNC(=O)CC(C)n1c(O)ccc1O)OC(=O)C(C)CN(C)C(C(=O)NC(C(=O)C(C)C(C)CC(C(C)CC)C(CC(=O)N1CCCC1C(OC)C(C)C(=O)NO)OC)C(C)C)C(C)C. The molecule has 13 atom stereocenters. The first-order valence-corrected chi connectivity index (χ1v) is 27.3. The van der Waals surface area contributed by atoms with Crippen LogP contribution in [-0.2, 0) is 43.0 Å². The van der Waals surface area contributed by atoms with E-state index in [1.165, 1.54) is 23.8 Å². The molecule has 18 nitrogen and oxygen atoms in total. The van der Waals surface area contributed by atoms with E-state index in [-0.39, 0.29) is 102 Å². The topological polar surface area (TPSA) is 238 Å². The Morgan fingerprint density at radius 1 is 0.808 bits per heavy atom. The lowest BCUT2D eigenvalue weighted by Gasteiger charge is -2.37. The fourth-order valence-electron chi connectivity index (χ4n) is 10.8. The second-order valence-corrected chi connectivity index (χ2v) is 22.0. The summed E-state index contributed by atoms with van der Waals surface area (Å²) in [6.45, 7) is 24.5. The van der Waals surface area contributed by atoms with Gasteiger partial charge in [-0.2, -0.15) is 0 Å². The first-order valence-electron chi connectivity index (χ1n) is 27.3. The van der Waals surface area contributed by atoms with Crippen molar-refractivity contribution in [1.82, 2.24) is 30.5 Å². The van der Waals surface area contributed by atoms with Crippen LogP contribution in [0, 0.1) is 47.3 Å². The molecule has 73 heavy (non-hydrogen) atoms. The van der Waals surface area contributed by atoms with Crippen LogP contribution in [0.15, 0.2) is 12.1 Å². The zero-order valence-corrected chi connectivity index (χ0v) is 47.3. The normalized spacial score (nSPS) is 19.0. The lowest BCUT2D eigenvalue weighted by molar-refractivity contribution is -0.155. The summed E-state index contributed by atoms with van der Waals surface area (Å²) >= 11 is 0. The number of ketones is 1. The van der Waals surface area contributed by atoms with Gasteiger partial charge in [0, 0.05) is 64.4 Å². The van der Waals surface area contributed by atoms with Crippen LogP contribution >= 0.6 is 0 Å². The van der Waals surface area contributed by atoms with Crippen molar-refractivity contribution < 1.29 is 58.4 Å². The number of Topliss-reactive ketones (excluding diaryl/α,β-unsaturated/α-hetero) is 1. The van der Waals surface area contributed by atoms with E-state index in [0.717, 1.165) is 32.1 Å². The number of methoxy groups -OCH3 is 2. The minimum atomic E-state index is -0.759. The number of carbonyl (C=O) groups excluding carboxylic acids is 6. The van der Waals surface area contributed by atoms with E-state index < -0.39 is 54.0 Å². The maximum Gasteiger partial charge on any atom is 0.310 e. The fraction of sp³-hybridized carbons (Fsp3) is 0.818. The molecule has 1 aliphatic heterocycles. The molecular weight excluding hydrogens is 937 g/mol. The van der Waals surface area contributed by atoms with Gasteiger partial charge in [0.1, 0.15) is 6.10 Å². The number of unbranched alkanes of at least 4 members (excludes halogenated alkanes) is 2. The maximum absolute atomic E-state index is 14.5. The molecule has 1 aliphatic rings. The molecule has 0 aromatic carbocycles. The highest BCUT2D eigenvalue weighted by atomic mass is 16.5. The highest BCUT2D eigenvalue weighted by Crippen LogP contribution is 2.35. The van der Waals surface area contributed by atoms with Crippen LogP contribution in [0.1, 0.15) is 166 Å². The first kappa shape index (κ1) is 64.9. The number of carbonyl (C=O) groups is 6. The molecule has 0 radical (unpaired) electrons. The molecule has 4 amide bonds. The predicted octanol–water partition coefficient (Wildman–Crippen LogP) is 7.42. The molecule has 1 fully saturated rings. The lowest BCUT2D eigenvalue weighted by atomic mass is 9.74. The molecule has 0 bridgehead atoms. The van der Waals surface area contributed by atoms with E-state index in [2.05, 4.69) is 31.4 Å². The number of hydroxylamine groups is 1.